The lowest BCUT2D eigenvalue weighted by molar-refractivity contribution is -0.162. The molecular weight excluding hydrogens is 434 g/mol. The van der Waals surface area contributed by atoms with Crippen LogP contribution in [0.3, 0.4) is 0 Å². The summed E-state index contributed by atoms with van der Waals surface area (Å²) in [6, 6.07) is 8.94. The number of β-lactam (4-membered cyclic amide) rings is 1. The van der Waals surface area contributed by atoms with Gasteiger partial charge in [0, 0.05) is 31.5 Å². The summed E-state index contributed by atoms with van der Waals surface area (Å²) >= 11 is 1.24. The first-order valence-corrected chi connectivity index (χ1v) is 11.0. The van der Waals surface area contributed by atoms with E-state index in [2.05, 4.69) is 10.6 Å². The maximum absolute atomic E-state index is 12.9. The fraction of sp³-hybridized carbons (Fsp3) is 0.364. The predicted molar refractivity (Wildman–Crippen MR) is 118 cm³/mol. The number of carbonyl (C=O) groups excluding carboxylic acids is 4. The number of benzene rings is 1. The van der Waals surface area contributed by atoms with Crippen molar-refractivity contribution in [1.29, 1.82) is 0 Å². The molecule has 2 heterocycles. The highest BCUT2D eigenvalue weighted by molar-refractivity contribution is 8.05. The van der Waals surface area contributed by atoms with Crippen molar-refractivity contribution in [2.45, 2.75) is 39.0 Å². The molecule has 3 atom stereocenters. The molecule has 1 fully saturated rings. The first-order valence-electron chi connectivity index (χ1n) is 10.1. The van der Waals surface area contributed by atoms with Gasteiger partial charge in [0.25, 0.3) is 0 Å². The number of ether oxygens (including phenoxy) is 2. The SMILES string of the molecule is CNC(=O)O[C@@H](C)[C@H]1C(=O)N2C(C(=O)OCc3ccccc3)=C(SC=CNC(C)=O)C[C@H]12. The molecule has 9 nitrogen and oxygen atoms in total. The van der Waals surface area contributed by atoms with Crippen molar-refractivity contribution in [2.24, 2.45) is 5.92 Å². The zero-order chi connectivity index (χ0) is 23.3. The second kappa shape index (κ2) is 10.4. The Morgan fingerprint density at radius 3 is 2.66 bits per heavy atom. The molecule has 2 N–H and O–H groups in total. The molecule has 0 bridgehead atoms. The Morgan fingerprint density at radius 2 is 2.00 bits per heavy atom. The number of nitrogens with one attached hydrogen (secondary N) is 2. The van der Waals surface area contributed by atoms with E-state index in [1.54, 1.807) is 12.3 Å². The van der Waals surface area contributed by atoms with Crippen LogP contribution in [0, 0.1) is 5.92 Å². The van der Waals surface area contributed by atoms with E-state index in [-0.39, 0.29) is 30.2 Å². The fourth-order valence-electron chi connectivity index (χ4n) is 3.67. The number of nitrogens with zero attached hydrogens (tertiary/aromatic N) is 1. The van der Waals surface area contributed by atoms with Crippen LogP contribution in [-0.4, -0.2) is 48.0 Å². The van der Waals surface area contributed by atoms with Crippen LogP contribution in [0.2, 0.25) is 0 Å². The van der Waals surface area contributed by atoms with Crippen LogP contribution in [0.15, 0.2) is 52.5 Å². The van der Waals surface area contributed by atoms with Crippen LogP contribution in [-0.2, 0) is 30.5 Å². The van der Waals surface area contributed by atoms with Gasteiger partial charge in [0.2, 0.25) is 11.8 Å². The quantitative estimate of drug-likeness (QED) is 0.453. The van der Waals surface area contributed by atoms with Crippen LogP contribution >= 0.6 is 11.8 Å². The summed E-state index contributed by atoms with van der Waals surface area (Å²) in [5, 5.41) is 6.54. The number of hydrogen-bond donors (Lipinski definition) is 2. The molecule has 32 heavy (non-hydrogen) atoms. The Kier molecular flexibility index (Phi) is 7.57. The zero-order valence-electron chi connectivity index (χ0n) is 18.0. The zero-order valence-corrected chi connectivity index (χ0v) is 18.8. The number of fused-ring (bicyclic) bond motifs is 1. The first-order chi connectivity index (χ1) is 15.3. The number of carbonyl (C=O) groups is 4. The molecular formula is C22H25N3O6S. The van der Waals surface area contributed by atoms with E-state index >= 15 is 0 Å². The van der Waals surface area contributed by atoms with Crippen molar-refractivity contribution in [3.8, 4) is 0 Å². The molecule has 1 saturated heterocycles. The maximum Gasteiger partial charge on any atom is 0.407 e. The Hall–Kier alpha value is -3.27. The Labute approximate surface area is 190 Å². The molecule has 3 amide bonds. The van der Waals surface area contributed by atoms with Crippen LogP contribution in [0.25, 0.3) is 0 Å². The first kappa shape index (κ1) is 23.4. The standard InChI is InChI=1S/C22H25N3O6S/c1-13(31-22(29)23-3)18-16-11-17(32-10-9-24-14(2)26)19(25(16)20(18)27)21(28)30-12-15-7-5-4-6-8-15/h4-10,13,16,18H,11-12H2,1-3H3,(H,23,29)(H,24,26)/t13-,16+,18+/m0/s1. The minimum atomic E-state index is -0.649. The van der Waals surface area contributed by atoms with Gasteiger partial charge in [-0.15, -0.1) is 0 Å². The summed E-state index contributed by atoms with van der Waals surface area (Å²) in [4.78, 5) is 50.5. The van der Waals surface area contributed by atoms with Crippen molar-refractivity contribution in [3.63, 3.8) is 0 Å². The summed E-state index contributed by atoms with van der Waals surface area (Å²) in [7, 11) is 1.44. The molecule has 0 unspecified atom stereocenters. The third-order valence-electron chi connectivity index (χ3n) is 5.14. The van der Waals surface area contributed by atoms with Gasteiger partial charge in [0.05, 0.1) is 12.0 Å². The number of thioether (sulfide) groups is 1. The monoisotopic (exact) mass is 459 g/mol. The molecule has 0 aromatic heterocycles. The van der Waals surface area contributed by atoms with Gasteiger partial charge in [-0.25, -0.2) is 9.59 Å². The van der Waals surface area contributed by atoms with Crippen molar-refractivity contribution >= 4 is 35.6 Å². The average molecular weight is 460 g/mol. The largest absolute Gasteiger partial charge is 0.456 e. The molecule has 0 spiro atoms. The van der Waals surface area contributed by atoms with E-state index < -0.39 is 24.1 Å². The van der Waals surface area contributed by atoms with E-state index in [0.717, 1.165) is 5.56 Å². The van der Waals surface area contributed by atoms with Crippen molar-refractivity contribution in [1.82, 2.24) is 15.5 Å². The van der Waals surface area contributed by atoms with Gasteiger partial charge in [0.1, 0.15) is 18.4 Å². The molecule has 1 aromatic rings. The van der Waals surface area contributed by atoms with Gasteiger partial charge in [-0.2, -0.15) is 0 Å². The molecule has 170 valence electrons. The van der Waals surface area contributed by atoms with Gasteiger partial charge in [-0.1, -0.05) is 42.1 Å². The highest BCUT2D eigenvalue weighted by atomic mass is 32.2. The van der Waals surface area contributed by atoms with Crippen molar-refractivity contribution < 1.29 is 28.7 Å². The van der Waals surface area contributed by atoms with E-state index in [4.69, 9.17) is 9.47 Å². The summed E-state index contributed by atoms with van der Waals surface area (Å²) in [6.07, 6.45) is 0.622. The van der Waals surface area contributed by atoms with Gasteiger partial charge in [-0.3, -0.25) is 9.59 Å². The molecule has 0 radical (unpaired) electrons. The summed E-state index contributed by atoms with van der Waals surface area (Å²) in [5.41, 5.74) is 1.02. The number of amides is 3. The van der Waals surface area contributed by atoms with Crippen molar-refractivity contribution in [3.05, 3.63) is 58.1 Å². The average Bonchev–Trinajstić information content (AvgIpc) is 3.09. The summed E-state index contributed by atoms with van der Waals surface area (Å²) in [5.74, 6) is -1.66. The van der Waals surface area contributed by atoms with E-state index in [9.17, 15) is 19.2 Å². The van der Waals surface area contributed by atoms with E-state index in [0.29, 0.717) is 11.3 Å². The number of alkyl carbamates (subject to hydrolysis) is 1. The van der Waals surface area contributed by atoms with Crippen LogP contribution < -0.4 is 10.6 Å². The Bertz CT molecular complexity index is 962. The van der Waals surface area contributed by atoms with E-state index in [1.807, 2.05) is 30.3 Å². The highest BCUT2D eigenvalue weighted by Gasteiger charge is 2.58. The highest BCUT2D eigenvalue weighted by Crippen LogP contribution is 2.48. The lowest BCUT2D eigenvalue weighted by Crippen LogP contribution is -2.62. The van der Waals surface area contributed by atoms with Crippen molar-refractivity contribution in [2.75, 3.05) is 7.05 Å². The minimum Gasteiger partial charge on any atom is -0.456 e. The predicted octanol–water partition coefficient (Wildman–Crippen LogP) is 2.26. The van der Waals surface area contributed by atoms with Gasteiger partial charge in [0.15, 0.2) is 0 Å². The third kappa shape index (κ3) is 5.13. The second-order valence-corrected chi connectivity index (χ2v) is 8.32. The van der Waals surface area contributed by atoms with Crippen LogP contribution in [0.1, 0.15) is 25.8 Å². The van der Waals surface area contributed by atoms with Crippen LogP contribution in [0.4, 0.5) is 4.79 Å². The molecule has 2 aliphatic rings. The summed E-state index contributed by atoms with van der Waals surface area (Å²) < 4.78 is 10.7. The molecule has 1 aromatic carbocycles. The third-order valence-corrected chi connectivity index (χ3v) is 6.06. The van der Waals surface area contributed by atoms with Gasteiger partial charge in [-0.05, 0) is 17.9 Å². The lowest BCUT2D eigenvalue weighted by atomic mass is 9.83. The summed E-state index contributed by atoms with van der Waals surface area (Å²) in [6.45, 7) is 3.12. The number of hydrogen-bond acceptors (Lipinski definition) is 7. The fourth-order valence-corrected chi connectivity index (χ4v) is 4.53. The molecule has 0 saturated carbocycles. The van der Waals surface area contributed by atoms with Gasteiger partial charge >= 0.3 is 12.1 Å². The minimum absolute atomic E-state index is 0.0785. The molecule has 0 aliphatic carbocycles. The Balaban J connectivity index is 1.76. The maximum atomic E-state index is 12.9. The smallest absolute Gasteiger partial charge is 0.407 e. The molecule has 3 rings (SSSR count). The van der Waals surface area contributed by atoms with E-state index in [1.165, 1.54) is 36.8 Å². The number of rotatable bonds is 8. The normalized spacial score (nSPS) is 20.5. The Morgan fingerprint density at radius 1 is 1.28 bits per heavy atom. The molecule has 2 aliphatic heterocycles. The van der Waals surface area contributed by atoms with Crippen LogP contribution in [0.5, 0.6) is 0 Å². The lowest BCUT2D eigenvalue weighted by Gasteiger charge is -2.45. The molecule has 10 heteroatoms. The topological polar surface area (TPSA) is 114 Å². The second-order valence-electron chi connectivity index (χ2n) is 7.32. The van der Waals surface area contributed by atoms with Gasteiger partial charge < -0.3 is 25.0 Å². The number of esters is 1.